The van der Waals surface area contributed by atoms with Gasteiger partial charge in [-0.3, -0.25) is 14.9 Å². The van der Waals surface area contributed by atoms with Crippen molar-refractivity contribution >= 4 is 52.1 Å². The number of hydrogen-bond donors (Lipinski definition) is 1. The van der Waals surface area contributed by atoms with E-state index in [4.69, 9.17) is 11.6 Å². The Hall–Kier alpha value is -4.31. The van der Waals surface area contributed by atoms with Gasteiger partial charge in [-0.25, -0.2) is 0 Å². The zero-order valence-corrected chi connectivity index (χ0v) is 22.6. The molecule has 5 rings (SSSR count). The highest BCUT2D eigenvalue weighted by molar-refractivity contribution is 7.95. The maximum absolute atomic E-state index is 13.4. The van der Waals surface area contributed by atoms with Gasteiger partial charge < -0.3 is 5.32 Å². The Labute approximate surface area is 232 Å². The van der Waals surface area contributed by atoms with Crippen molar-refractivity contribution in [2.75, 3.05) is 5.32 Å². The normalized spacial score (nSPS) is 11.1. The number of nitro groups is 1. The lowest BCUT2D eigenvalue weighted by Crippen LogP contribution is -2.32. The van der Waals surface area contributed by atoms with Crippen LogP contribution in [0.15, 0.2) is 133 Å². The average Bonchev–Trinajstić information content (AvgIpc) is 2.98. The Morgan fingerprint density at radius 3 is 1.72 bits per heavy atom. The second-order valence-corrected chi connectivity index (χ2v) is 12.9. The van der Waals surface area contributed by atoms with E-state index in [0.29, 0.717) is 11.8 Å². The Kier molecular flexibility index (Phi) is 7.83. The van der Waals surface area contributed by atoms with Crippen molar-refractivity contribution in [2.45, 2.75) is 6.16 Å². The number of carbonyl (C=O) groups is 1. The summed E-state index contributed by atoms with van der Waals surface area (Å²) in [5.74, 6) is -0.584. The molecule has 0 aliphatic rings. The minimum absolute atomic E-state index is 0.0856. The van der Waals surface area contributed by atoms with Gasteiger partial charge in [-0.2, -0.15) is 0 Å². The molecule has 7 heteroatoms. The van der Waals surface area contributed by atoms with Crippen LogP contribution in [0.1, 0.15) is 15.9 Å². The van der Waals surface area contributed by atoms with Gasteiger partial charge >= 0.3 is 0 Å². The summed E-state index contributed by atoms with van der Waals surface area (Å²) in [6, 6.07) is 43.0. The third-order valence-corrected chi connectivity index (χ3v) is 11.3. The molecule has 0 saturated heterocycles. The topological polar surface area (TPSA) is 72.2 Å². The third kappa shape index (κ3) is 5.46. The molecule has 0 heterocycles. The molecule has 192 valence electrons. The highest BCUT2D eigenvalue weighted by Gasteiger charge is 2.45. The molecule has 0 aromatic heterocycles. The Bertz CT molecular complexity index is 1520. The van der Waals surface area contributed by atoms with Crippen molar-refractivity contribution in [1.82, 2.24) is 0 Å². The van der Waals surface area contributed by atoms with Gasteiger partial charge in [-0.05, 0) is 54.6 Å². The number of hydrogen-bond acceptors (Lipinski definition) is 3. The van der Waals surface area contributed by atoms with E-state index in [2.05, 4.69) is 78.1 Å². The van der Waals surface area contributed by atoms with E-state index >= 15 is 0 Å². The molecular weight excluding hydrogens is 527 g/mol. The largest absolute Gasteiger partial charge is 0.321 e. The summed E-state index contributed by atoms with van der Waals surface area (Å²) < 4.78 is 0. The molecule has 0 atom stereocenters. The summed E-state index contributed by atoms with van der Waals surface area (Å²) in [4.78, 5) is 24.4. The van der Waals surface area contributed by atoms with Gasteiger partial charge in [0, 0.05) is 22.3 Å². The van der Waals surface area contributed by atoms with Crippen LogP contribution < -0.4 is 21.2 Å². The lowest BCUT2D eigenvalue weighted by molar-refractivity contribution is -0.385. The molecule has 5 aromatic rings. The minimum Gasteiger partial charge on any atom is -0.321 e. The van der Waals surface area contributed by atoms with Crippen molar-refractivity contribution < 1.29 is 9.72 Å². The van der Waals surface area contributed by atoms with Gasteiger partial charge in [0.15, 0.2) is 0 Å². The number of benzene rings is 5. The van der Waals surface area contributed by atoms with Crippen LogP contribution in [-0.2, 0) is 6.16 Å². The molecule has 0 unspecified atom stereocenters. The fourth-order valence-corrected chi connectivity index (χ4v) is 9.29. The smallest absolute Gasteiger partial charge is 0.282 e. The van der Waals surface area contributed by atoms with E-state index in [1.54, 1.807) is 0 Å². The zero-order chi connectivity index (χ0) is 27.2. The standard InChI is InChI=1S/C32H24ClN2O3P/c33-25-20-21-31(35(37)38)29(22-25)32(36)34-30-19-11-10-12-24(30)23-39(26-13-4-1-5-14-26,27-15-6-2-7-16-27)28-17-8-3-9-18-28/h1-22H,23H2/p+1. The molecule has 0 spiro atoms. The predicted molar refractivity (Wildman–Crippen MR) is 161 cm³/mol. The molecule has 0 aliphatic heterocycles. The number of carbonyl (C=O) groups excluding carboxylic acids is 1. The van der Waals surface area contributed by atoms with Crippen molar-refractivity contribution in [3.63, 3.8) is 0 Å². The summed E-state index contributed by atoms with van der Waals surface area (Å²) in [5.41, 5.74) is 1.15. The molecule has 39 heavy (non-hydrogen) atoms. The minimum atomic E-state index is -2.23. The number of nitrogens with one attached hydrogen (secondary N) is 1. The zero-order valence-electron chi connectivity index (χ0n) is 20.9. The lowest BCUT2D eigenvalue weighted by Gasteiger charge is -2.28. The molecule has 0 fully saturated rings. The second-order valence-electron chi connectivity index (χ2n) is 9.00. The molecule has 0 radical (unpaired) electrons. The van der Waals surface area contributed by atoms with Crippen LogP contribution in [0, 0.1) is 10.1 Å². The van der Waals surface area contributed by atoms with Crippen molar-refractivity contribution in [1.29, 1.82) is 0 Å². The molecule has 0 bridgehead atoms. The number of nitro benzene ring substituents is 1. The van der Waals surface area contributed by atoms with Crippen LogP contribution in [-0.4, -0.2) is 10.8 Å². The maximum Gasteiger partial charge on any atom is 0.282 e. The SMILES string of the molecule is O=C(Nc1ccccc1C[P+](c1ccccc1)(c1ccccc1)c1ccccc1)c1cc(Cl)ccc1[N+](=O)[O-]. The number of para-hydroxylation sites is 1. The van der Waals surface area contributed by atoms with E-state index < -0.39 is 18.1 Å². The lowest BCUT2D eigenvalue weighted by atomic mass is 10.1. The monoisotopic (exact) mass is 551 g/mol. The summed E-state index contributed by atoms with van der Waals surface area (Å²) in [6.07, 6.45) is 0.638. The van der Waals surface area contributed by atoms with E-state index in [9.17, 15) is 14.9 Å². The maximum atomic E-state index is 13.4. The Morgan fingerprint density at radius 2 is 1.21 bits per heavy atom. The van der Waals surface area contributed by atoms with E-state index in [0.717, 1.165) is 5.56 Å². The van der Waals surface area contributed by atoms with Crippen LogP contribution in [0.3, 0.4) is 0 Å². The first-order valence-electron chi connectivity index (χ1n) is 12.4. The predicted octanol–water partition coefficient (Wildman–Crippen LogP) is 6.99. The molecule has 5 aromatic carbocycles. The van der Waals surface area contributed by atoms with Crippen LogP contribution in [0.4, 0.5) is 11.4 Å². The summed E-state index contributed by atoms with van der Waals surface area (Å²) in [5, 5.41) is 18.4. The Balaban J connectivity index is 1.64. The Morgan fingerprint density at radius 1 is 0.718 bits per heavy atom. The van der Waals surface area contributed by atoms with Crippen molar-refractivity contribution in [3.05, 3.63) is 160 Å². The van der Waals surface area contributed by atoms with Gasteiger partial charge in [0.25, 0.3) is 11.6 Å². The second kappa shape index (κ2) is 11.6. The first kappa shape index (κ1) is 26.3. The summed E-state index contributed by atoms with van der Waals surface area (Å²) in [6.45, 7) is 0. The van der Waals surface area contributed by atoms with Gasteiger partial charge in [0.1, 0.15) is 34.9 Å². The van der Waals surface area contributed by atoms with Crippen LogP contribution in [0.5, 0.6) is 0 Å². The molecule has 1 amide bonds. The summed E-state index contributed by atoms with van der Waals surface area (Å²) in [7, 11) is -2.23. The summed E-state index contributed by atoms with van der Waals surface area (Å²) >= 11 is 6.09. The molecular formula is C32H25ClN2O3P+. The highest BCUT2D eigenvalue weighted by Crippen LogP contribution is 2.58. The highest BCUT2D eigenvalue weighted by atomic mass is 35.5. The first-order chi connectivity index (χ1) is 19.0. The van der Waals surface area contributed by atoms with Gasteiger partial charge in [-0.15, -0.1) is 0 Å². The van der Waals surface area contributed by atoms with Gasteiger partial charge in [0.05, 0.1) is 4.92 Å². The number of rotatable bonds is 8. The first-order valence-corrected chi connectivity index (χ1v) is 14.7. The van der Waals surface area contributed by atoms with E-state index in [1.165, 1.54) is 34.1 Å². The number of nitrogens with zero attached hydrogens (tertiary/aromatic N) is 1. The van der Waals surface area contributed by atoms with Crippen molar-refractivity contribution in [2.24, 2.45) is 0 Å². The molecule has 0 aliphatic carbocycles. The number of halogens is 1. The third-order valence-electron chi connectivity index (χ3n) is 6.66. The molecule has 5 nitrogen and oxygen atoms in total. The fourth-order valence-electron chi connectivity index (χ4n) is 4.84. The average molecular weight is 552 g/mol. The van der Waals surface area contributed by atoms with Crippen LogP contribution in [0.25, 0.3) is 0 Å². The van der Waals surface area contributed by atoms with Crippen molar-refractivity contribution in [3.8, 4) is 0 Å². The molecule has 0 saturated carbocycles. The van der Waals surface area contributed by atoms with E-state index in [-0.39, 0.29) is 16.3 Å². The van der Waals surface area contributed by atoms with Gasteiger partial charge in [0.2, 0.25) is 0 Å². The van der Waals surface area contributed by atoms with Gasteiger partial charge in [-0.1, -0.05) is 84.4 Å². The quantitative estimate of drug-likeness (QED) is 0.128. The fraction of sp³-hybridized carbons (Fsp3) is 0.0312. The molecule has 1 N–H and O–H groups in total. The van der Waals surface area contributed by atoms with Crippen LogP contribution in [0.2, 0.25) is 5.02 Å². The van der Waals surface area contributed by atoms with Crippen LogP contribution >= 0.6 is 18.9 Å². The van der Waals surface area contributed by atoms with E-state index in [1.807, 2.05) is 42.5 Å². The number of amides is 1. The number of anilines is 1.